The molecule has 0 N–H and O–H groups in total. The summed E-state index contributed by atoms with van der Waals surface area (Å²) in [6.07, 6.45) is 9.03. The van der Waals surface area contributed by atoms with Gasteiger partial charge in [0.1, 0.15) is 0 Å². The average Bonchev–Trinajstić information content (AvgIpc) is 4.09. The van der Waals surface area contributed by atoms with Gasteiger partial charge in [-0.2, -0.15) is 0 Å². The summed E-state index contributed by atoms with van der Waals surface area (Å²) < 4.78 is 8.81. The van der Waals surface area contributed by atoms with Gasteiger partial charge in [-0.15, -0.1) is 54.1 Å². The number of pyridine rings is 2. The van der Waals surface area contributed by atoms with E-state index >= 15 is 0 Å². The molecule has 1 saturated carbocycles. The molecule has 0 spiro atoms. The Bertz CT molecular complexity index is 3300. The molecule has 343 valence electrons. The molecule has 1 radical (unpaired) electrons. The third-order valence-electron chi connectivity index (χ3n) is 13.4. The van der Waals surface area contributed by atoms with Crippen molar-refractivity contribution in [2.45, 2.75) is 84.9 Å². The summed E-state index contributed by atoms with van der Waals surface area (Å²) in [5.41, 5.74) is 15.6. The Hall–Kier alpha value is -6.24. The van der Waals surface area contributed by atoms with Gasteiger partial charge in [-0.3, -0.25) is 4.98 Å². The second-order valence-corrected chi connectivity index (χ2v) is 25.3. The largest absolute Gasteiger partial charge is 0.486 e. The predicted octanol–water partition coefficient (Wildman–Crippen LogP) is 15.6. The first-order valence-electron chi connectivity index (χ1n) is 23.9. The van der Waals surface area contributed by atoms with Gasteiger partial charge in [0.2, 0.25) is 5.71 Å². The maximum atomic E-state index is 6.50. The maximum Gasteiger partial charge on any atom is 0.216 e. The normalized spacial score (nSPS) is 13.2. The van der Waals surface area contributed by atoms with Crippen molar-refractivity contribution in [1.29, 1.82) is 0 Å². The van der Waals surface area contributed by atoms with Gasteiger partial charge < -0.3 is 14.0 Å². The number of hydrogen-bond donors (Lipinski definition) is 0. The van der Waals surface area contributed by atoms with E-state index in [2.05, 4.69) is 185 Å². The van der Waals surface area contributed by atoms with Gasteiger partial charge in [0.05, 0.1) is 36.2 Å². The Morgan fingerprint density at radius 3 is 2.01 bits per heavy atom. The van der Waals surface area contributed by atoms with E-state index < -0.39 is 8.07 Å². The molecule has 11 rings (SSSR count). The number of nitrogens with zero attached hydrogens (tertiary/aromatic N) is 4. The summed E-state index contributed by atoms with van der Waals surface area (Å²) in [5, 5.41) is 3.52. The van der Waals surface area contributed by atoms with Crippen molar-refractivity contribution >= 4 is 46.4 Å². The SMILES string of the molecule is C[Si](C)(C)c1cnc(-c2[c-]cccc2)cc1CC1CCCC1.Cc1ccc2c(n1)oc1c(-c3nc4ccccc4n3-c3c(-c4ccccc4)cc(C(C)(C)C)cc3-c3ccccc3)[c-]ccc12.[Ir]. The molecule has 5 nitrogen and oxygen atoms in total. The van der Waals surface area contributed by atoms with Crippen LogP contribution in [-0.4, -0.2) is 27.6 Å². The zero-order chi connectivity index (χ0) is 46.3. The van der Waals surface area contributed by atoms with Crippen molar-refractivity contribution in [1.82, 2.24) is 19.5 Å². The number of imidazole rings is 1. The molecule has 0 atom stereocenters. The fourth-order valence-electron chi connectivity index (χ4n) is 9.85. The molecule has 4 aromatic heterocycles. The smallest absolute Gasteiger partial charge is 0.216 e. The average molecular weight is 1080 g/mol. The van der Waals surface area contributed by atoms with Crippen LogP contribution in [0.3, 0.4) is 0 Å². The Morgan fingerprint density at radius 2 is 1.37 bits per heavy atom. The molecule has 0 bridgehead atoms. The molecule has 0 aliphatic heterocycles. The van der Waals surface area contributed by atoms with Gasteiger partial charge >= 0.3 is 0 Å². The Balaban J connectivity index is 0.000000211. The molecule has 1 fully saturated rings. The Kier molecular flexibility index (Phi) is 13.4. The minimum Gasteiger partial charge on any atom is -0.486 e. The van der Waals surface area contributed by atoms with Gasteiger partial charge in [-0.05, 0) is 88.6 Å². The molecule has 0 saturated heterocycles. The number of furan rings is 1. The molecule has 68 heavy (non-hydrogen) atoms. The Morgan fingerprint density at radius 1 is 0.706 bits per heavy atom. The topological polar surface area (TPSA) is 56.7 Å². The van der Waals surface area contributed by atoms with E-state index in [1.165, 1.54) is 37.7 Å². The monoisotopic (exact) mass is 1080 g/mol. The van der Waals surface area contributed by atoms with Gasteiger partial charge in [0, 0.05) is 48.5 Å². The summed E-state index contributed by atoms with van der Waals surface area (Å²) in [4.78, 5) is 14.7. The number of rotatable bonds is 8. The van der Waals surface area contributed by atoms with Crippen LogP contribution in [0.4, 0.5) is 0 Å². The van der Waals surface area contributed by atoms with Crippen molar-refractivity contribution in [2.75, 3.05) is 0 Å². The van der Waals surface area contributed by atoms with E-state index in [4.69, 9.17) is 19.4 Å². The second-order valence-electron chi connectivity index (χ2n) is 20.3. The summed E-state index contributed by atoms with van der Waals surface area (Å²) in [6.45, 7) is 16.1. The van der Waals surface area contributed by atoms with Crippen LogP contribution in [0.1, 0.15) is 63.3 Å². The molecule has 6 aromatic carbocycles. The van der Waals surface area contributed by atoms with Gasteiger partial charge in [-0.25, -0.2) is 4.98 Å². The molecule has 7 heteroatoms. The first kappa shape index (κ1) is 46.8. The number of para-hydroxylation sites is 2. The summed E-state index contributed by atoms with van der Waals surface area (Å²) in [5.74, 6) is 1.65. The van der Waals surface area contributed by atoms with Crippen LogP contribution in [0.25, 0.3) is 83.7 Å². The van der Waals surface area contributed by atoms with Crippen molar-refractivity contribution < 1.29 is 24.5 Å². The van der Waals surface area contributed by atoms with Crippen LogP contribution < -0.4 is 5.19 Å². The maximum absolute atomic E-state index is 6.50. The zero-order valence-corrected chi connectivity index (χ0v) is 43.5. The number of fused-ring (bicyclic) bond motifs is 4. The fourth-order valence-corrected chi connectivity index (χ4v) is 11.4. The van der Waals surface area contributed by atoms with Crippen LogP contribution in [0.2, 0.25) is 19.6 Å². The zero-order valence-electron chi connectivity index (χ0n) is 40.2. The van der Waals surface area contributed by atoms with E-state index in [0.717, 1.165) is 89.6 Å². The van der Waals surface area contributed by atoms with E-state index in [1.54, 1.807) is 10.8 Å². The first-order chi connectivity index (χ1) is 32.4. The minimum atomic E-state index is -1.35. The van der Waals surface area contributed by atoms with E-state index in [9.17, 15) is 0 Å². The van der Waals surface area contributed by atoms with Gasteiger partial charge in [-0.1, -0.05) is 161 Å². The van der Waals surface area contributed by atoms with Crippen LogP contribution in [0.15, 0.2) is 162 Å². The molecule has 1 aliphatic rings. The molecule has 1 aliphatic carbocycles. The number of benzene rings is 6. The third kappa shape index (κ3) is 9.45. The Labute approximate surface area is 416 Å². The van der Waals surface area contributed by atoms with Crippen molar-refractivity contribution in [2.24, 2.45) is 5.92 Å². The molecule has 10 aromatic rings. The van der Waals surface area contributed by atoms with Crippen molar-refractivity contribution in [3.8, 4) is 50.6 Å². The van der Waals surface area contributed by atoms with Crippen LogP contribution in [-0.2, 0) is 31.9 Å². The van der Waals surface area contributed by atoms with Crippen molar-refractivity contribution in [3.63, 3.8) is 0 Å². The molecule has 0 unspecified atom stereocenters. The summed E-state index contributed by atoms with van der Waals surface area (Å²) in [6, 6.07) is 59.9. The van der Waals surface area contributed by atoms with E-state index in [-0.39, 0.29) is 25.5 Å². The number of hydrogen-bond acceptors (Lipinski definition) is 4. The standard InChI is InChI=1S/C41H32N3O.C20H26NSi.Ir/c1-26-22-23-31-30-18-13-19-32(38(30)45-40(31)42-26)39-43-35-20-11-12-21-36(35)44(39)37-33(27-14-7-5-8-15-27)24-29(41(2,3)4)25-34(37)28-16-9-6-10-17-28;1-22(2,3)20-15-21-19(17-11-5-4-6-12-17)14-18(20)13-16-9-7-8-10-16;/h5-18,20-25H,1-4H3;4-6,11,14-16H,7-10,13H2,1-3H3;/q2*-1;. The third-order valence-corrected chi connectivity index (χ3v) is 15.4. The summed E-state index contributed by atoms with van der Waals surface area (Å²) in [7, 11) is -1.35. The minimum absolute atomic E-state index is 0. The van der Waals surface area contributed by atoms with Crippen LogP contribution in [0, 0.1) is 25.0 Å². The number of aromatic nitrogens is 4. The van der Waals surface area contributed by atoms with Crippen molar-refractivity contribution in [3.05, 3.63) is 187 Å². The predicted molar refractivity (Wildman–Crippen MR) is 282 cm³/mol. The summed E-state index contributed by atoms with van der Waals surface area (Å²) >= 11 is 0. The van der Waals surface area contributed by atoms with Crippen LogP contribution in [0.5, 0.6) is 0 Å². The van der Waals surface area contributed by atoms with Gasteiger partial charge in [0.25, 0.3) is 0 Å². The quantitative estimate of drug-likeness (QED) is 0.112. The van der Waals surface area contributed by atoms with E-state index in [1.807, 2.05) is 37.3 Å². The molecule has 4 heterocycles. The molecular formula is C61H58IrN4OSi-2. The van der Waals surface area contributed by atoms with Crippen LogP contribution >= 0.6 is 0 Å². The number of aryl methyl sites for hydroxylation is 1. The molecular weight excluding hydrogens is 1030 g/mol. The first-order valence-corrected chi connectivity index (χ1v) is 27.4. The molecule has 0 amide bonds. The van der Waals surface area contributed by atoms with E-state index in [0.29, 0.717) is 5.71 Å². The fraction of sp³-hybridized carbons (Fsp3) is 0.230. The second kappa shape index (κ2) is 19.4. The van der Waals surface area contributed by atoms with Gasteiger partial charge in [0.15, 0.2) is 0 Å².